The molecule has 0 saturated carbocycles. The first-order valence-electron chi connectivity index (χ1n) is 8.48. The molecular formula is C21H24N2O. The van der Waals surface area contributed by atoms with Gasteiger partial charge in [-0.2, -0.15) is 0 Å². The highest BCUT2D eigenvalue weighted by atomic mass is 16.5. The Labute approximate surface area is 143 Å². The van der Waals surface area contributed by atoms with Gasteiger partial charge in [0.05, 0.1) is 5.69 Å². The summed E-state index contributed by atoms with van der Waals surface area (Å²) in [6.07, 6.45) is 0. The van der Waals surface area contributed by atoms with Gasteiger partial charge in [-0.05, 0) is 35.5 Å². The van der Waals surface area contributed by atoms with E-state index in [9.17, 15) is 0 Å². The zero-order chi connectivity index (χ0) is 16.8. The third kappa shape index (κ3) is 4.33. The lowest BCUT2D eigenvalue weighted by molar-refractivity contribution is 0.297. The number of hydrogen-bond acceptors (Lipinski definition) is 3. The Balaban J connectivity index is 1.81. The summed E-state index contributed by atoms with van der Waals surface area (Å²) in [5.74, 6) is 1.33. The summed E-state index contributed by atoms with van der Waals surface area (Å²) in [7, 11) is 0. The number of hydrogen-bond donors (Lipinski definition) is 1. The maximum atomic E-state index is 6.03. The van der Waals surface area contributed by atoms with E-state index in [4.69, 9.17) is 9.72 Å². The van der Waals surface area contributed by atoms with Crippen LogP contribution >= 0.6 is 0 Å². The van der Waals surface area contributed by atoms with Crippen LogP contribution < -0.4 is 10.1 Å². The first-order chi connectivity index (χ1) is 11.7. The molecule has 0 atom stereocenters. The summed E-state index contributed by atoms with van der Waals surface area (Å²) in [6.45, 7) is 6.67. The Morgan fingerprint density at radius 1 is 1.00 bits per heavy atom. The molecule has 0 fully saturated rings. The number of fused-ring (bicyclic) bond motifs is 1. The van der Waals surface area contributed by atoms with E-state index in [1.54, 1.807) is 0 Å². The van der Waals surface area contributed by atoms with Crippen molar-refractivity contribution in [1.82, 2.24) is 10.3 Å². The molecule has 0 saturated heterocycles. The van der Waals surface area contributed by atoms with Gasteiger partial charge >= 0.3 is 0 Å². The highest BCUT2D eigenvalue weighted by Gasteiger charge is 2.08. The molecule has 3 aromatic rings. The van der Waals surface area contributed by atoms with Crippen molar-refractivity contribution in [3.63, 3.8) is 0 Å². The van der Waals surface area contributed by atoms with E-state index in [0.29, 0.717) is 18.4 Å². The summed E-state index contributed by atoms with van der Waals surface area (Å²) in [5.41, 5.74) is 2.16. The third-order valence-electron chi connectivity index (χ3n) is 3.84. The van der Waals surface area contributed by atoms with Crippen molar-refractivity contribution >= 4 is 10.8 Å². The summed E-state index contributed by atoms with van der Waals surface area (Å²) in [5, 5.41) is 5.67. The molecule has 3 heteroatoms. The minimum absolute atomic E-state index is 0.528. The minimum atomic E-state index is 0.528. The number of aromatic nitrogens is 1. The van der Waals surface area contributed by atoms with E-state index in [-0.39, 0.29) is 0 Å². The van der Waals surface area contributed by atoms with E-state index < -0.39 is 0 Å². The fraction of sp³-hybridized carbons (Fsp3) is 0.286. The van der Waals surface area contributed by atoms with Crippen LogP contribution in [-0.4, -0.2) is 11.5 Å². The van der Waals surface area contributed by atoms with Gasteiger partial charge < -0.3 is 10.1 Å². The van der Waals surface area contributed by atoms with Gasteiger partial charge in [0.1, 0.15) is 6.61 Å². The Bertz CT molecular complexity index is 784. The Kier molecular flexibility index (Phi) is 5.44. The van der Waals surface area contributed by atoms with Gasteiger partial charge in [-0.15, -0.1) is 0 Å². The molecule has 0 unspecified atom stereocenters. The summed E-state index contributed by atoms with van der Waals surface area (Å²) >= 11 is 0. The lowest BCUT2D eigenvalue weighted by Gasteiger charge is -2.12. The van der Waals surface area contributed by atoms with E-state index >= 15 is 0 Å². The second-order valence-corrected chi connectivity index (χ2v) is 6.44. The van der Waals surface area contributed by atoms with Crippen molar-refractivity contribution in [2.45, 2.75) is 27.0 Å². The standard InChI is InChI=1S/C21H24N2O/c1-16(2)13-22-14-19-12-18-10-6-7-11-20(18)21(23-19)24-15-17-8-4-3-5-9-17/h3-12,16,22H,13-15H2,1-2H3. The van der Waals surface area contributed by atoms with E-state index in [0.717, 1.165) is 35.1 Å². The van der Waals surface area contributed by atoms with Crippen LogP contribution in [0.25, 0.3) is 10.8 Å². The molecule has 0 aliphatic rings. The maximum Gasteiger partial charge on any atom is 0.221 e. The summed E-state index contributed by atoms with van der Waals surface area (Å²) in [6, 6.07) is 20.6. The molecular weight excluding hydrogens is 296 g/mol. The van der Waals surface area contributed by atoms with Crippen LogP contribution in [0.3, 0.4) is 0 Å². The van der Waals surface area contributed by atoms with Gasteiger partial charge in [0.15, 0.2) is 0 Å². The van der Waals surface area contributed by atoms with E-state index in [2.05, 4.69) is 55.6 Å². The molecule has 24 heavy (non-hydrogen) atoms. The molecule has 1 N–H and O–H groups in total. The van der Waals surface area contributed by atoms with Crippen molar-refractivity contribution in [3.05, 3.63) is 71.9 Å². The topological polar surface area (TPSA) is 34.1 Å². The second kappa shape index (κ2) is 7.93. The maximum absolute atomic E-state index is 6.03. The van der Waals surface area contributed by atoms with Crippen molar-refractivity contribution in [3.8, 4) is 5.88 Å². The van der Waals surface area contributed by atoms with Crippen LogP contribution in [0.5, 0.6) is 5.88 Å². The van der Waals surface area contributed by atoms with Crippen LogP contribution in [0, 0.1) is 5.92 Å². The van der Waals surface area contributed by atoms with Crippen LogP contribution in [-0.2, 0) is 13.2 Å². The predicted octanol–water partition coefficient (Wildman–Crippen LogP) is 4.56. The monoisotopic (exact) mass is 320 g/mol. The van der Waals surface area contributed by atoms with Gasteiger partial charge in [-0.25, -0.2) is 4.98 Å². The summed E-state index contributed by atoms with van der Waals surface area (Å²) < 4.78 is 6.03. The fourth-order valence-corrected chi connectivity index (χ4v) is 2.64. The quantitative estimate of drug-likeness (QED) is 0.693. The average molecular weight is 320 g/mol. The number of rotatable bonds is 7. The van der Waals surface area contributed by atoms with E-state index in [1.807, 2.05) is 24.3 Å². The molecule has 3 rings (SSSR count). The predicted molar refractivity (Wildman–Crippen MR) is 99.1 cm³/mol. The van der Waals surface area contributed by atoms with Crippen LogP contribution in [0.15, 0.2) is 60.7 Å². The molecule has 124 valence electrons. The number of nitrogens with zero attached hydrogens (tertiary/aromatic N) is 1. The SMILES string of the molecule is CC(C)CNCc1cc2ccccc2c(OCc2ccccc2)n1. The van der Waals surface area contributed by atoms with Gasteiger partial charge in [0.25, 0.3) is 0 Å². The lowest BCUT2D eigenvalue weighted by atomic mass is 10.1. The third-order valence-corrected chi connectivity index (χ3v) is 3.84. The van der Waals surface area contributed by atoms with Gasteiger partial charge in [-0.3, -0.25) is 0 Å². The summed E-state index contributed by atoms with van der Waals surface area (Å²) in [4.78, 5) is 4.73. The average Bonchev–Trinajstić information content (AvgIpc) is 2.60. The second-order valence-electron chi connectivity index (χ2n) is 6.44. The molecule has 0 radical (unpaired) electrons. The Hall–Kier alpha value is -2.39. The van der Waals surface area contributed by atoms with Crippen molar-refractivity contribution in [2.75, 3.05) is 6.54 Å². The fourth-order valence-electron chi connectivity index (χ4n) is 2.64. The van der Waals surface area contributed by atoms with Crippen LogP contribution in [0.2, 0.25) is 0 Å². The van der Waals surface area contributed by atoms with Gasteiger partial charge in [0.2, 0.25) is 5.88 Å². The molecule has 0 aliphatic carbocycles. The minimum Gasteiger partial charge on any atom is -0.472 e. The van der Waals surface area contributed by atoms with Gasteiger partial charge in [-0.1, -0.05) is 62.4 Å². The van der Waals surface area contributed by atoms with Crippen molar-refractivity contribution < 1.29 is 4.74 Å². The number of benzene rings is 2. The largest absolute Gasteiger partial charge is 0.472 e. The zero-order valence-electron chi connectivity index (χ0n) is 14.3. The molecule has 1 aromatic heterocycles. The zero-order valence-corrected chi connectivity index (χ0v) is 14.3. The van der Waals surface area contributed by atoms with Crippen LogP contribution in [0.4, 0.5) is 0 Å². The highest BCUT2D eigenvalue weighted by Crippen LogP contribution is 2.25. The normalized spacial score (nSPS) is 11.1. The molecule has 3 nitrogen and oxygen atoms in total. The number of ether oxygens (including phenoxy) is 1. The van der Waals surface area contributed by atoms with E-state index in [1.165, 1.54) is 0 Å². The Morgan fingerprint density at radius 3 is 2.54 bits per heavy atom. The molecule has 0 bridgehead atoms. The van der Waals surface area contributed by atoms with Crippen molar-refractivity contribution in [2.24, 2.45) is 5.92 Å². The smallest absolute Gasteiger partial charge is 0.221 e. The van der Waals surface area contributed by atoms with Crippen molar-refractivity contribution in [1.29, 1.82) is 0 Å². The molecule has 1 heterocycles. The van der Waals surface area contributed by atoms with Crippen LogP contribution in [0.1, 0.15) is 25.1 Å². The molecule has 0 aliphatic heterocycles. The van der Waals surface area contributed by atoms with Gasteiger partial charge in [0, 0.05) is 11.9 Å². The highest BCUT2D eigenvalue weighted by molar-refractivity contribution is 5.87. The Morgan fingerprint density at radius 2 is 1.75 bits per heavy atom. The lowest BCUT2D eigenvalue weighted by Crippen LogP contribution is -2.19. The number of nitrogens with one attached hydrogen (secondary N) is 1. The number of pyridine rings is 1. The molecule has 0 amide bonds. The first kappa shape index (κ1) is 16.5. The first-order valence-corrected chi connectivity index (χ1v) is 8.48. The molecule has 2 aromatic carbocycles. The molecule has 0 spiro atoms.